The van der Waals surface area contributed by atoms with Gasteiger partial charge in [0.15, 0.2) is 0 Å². The zero-order valence-corrected chi connectivity index (χ0v) is 18.9. The molecule has 0 spiro atoms. The van der Waals surface area contributed by atoms with E-state index in [4.69, 9.17) is 0 Å². The number of hydrogen-bond acceptors (Lipinski definition) is 0. The summed E-state index contributed by atoms with van der Waals surface area (Å²) in [6.07, 6.45) is 29.3. The predicted octanol–water partition coefficient (Wildman–Crippen LogP) is -0.262. The molecule has 0 heterocycles. The molecule has 0 aromatic rings. The molecule has 0 saturated heterocycles. The molecule has 0 aromatic carbocycles. The van der Waals surface area contributed by atoms with E-state index in [1.807, 2.05) is 0 Å². The van der Waals surface area contributed by atoms with E-state index in [1.165, 1.54) is 62.5 Å². The largest absolute Gasteiger partial charge is 4.00 e. The molecule has 0 N–H and O–H groups in total. The molecule has 0 atom stereocenters. The van der Waals surface area contributed by atoms with Gasteiger partial charge < -0.3 is 24.8 Å². The van der Waals surface area contributed by atoms with Gasteiger partial charge in [0, 0.05) is 0 Å². The molecule has 4 rings (SSSR count). The van der Waals surface area contributed by atoms with Gasteiger partial charge in [0.1, 0.15) is 0 Å². The van der Waals surface area contributed by atoms with E-state index in [0.29, 0.717) is 0 Å². The van der Waals surface area contributed by atoms with Gasteiger partial charge in [0.05, 0.1) is 0 Å². The molecule has 0 bridgehead atoms. The van der Waals surface area contributed by atoms with Crippen molar-refractivity contribution in [3.05, 3.63) is 47.6 Å². The van der Waals surface area contributed by atoms with Crippen LogP contribution in [-0.4, -0.2) is 0 Å². The number of hydrogen-bond donors (Lipinski definition) is 0. The average Bonchev–Trinajstić information content (AvgIpc) is 3.29. The summed E-state index contributed by atoms with van der Waals surface area (Å²) in [5.41, 5.74) is 3.00. The fraction of sp³-hybridized carbons (Fsp3) is 0.600. The van der Waals surface area contributed by atoms with Gasteiger partial charge in [-0.05, 0) is 37.5 Å². The Labute approximate surface area is 173 Å². The molecule has 0 aromatic heterocycles. The van der Waals surface area contributed by atoms with Gasteiger partial charge in [-0.25, -0.2) is 23.3 Å². The Morgan fingerprint density at radius 1 is 0.652 bits per heavy atom. The van der Waals surface area contributed by atoms with Crippen molar-refractivity contribution in [1.29, 1.82) is 0 Å². The SMILES string of the molecule is [C-]1=C(C2CCCC2)C=CC1.[C-]1=C(C2CCCC2)C=CC1.[Cl-].[Cl-].[Hf+4]. The second-order valence-electron chi connectivity index (χ2n) is 6.44. The summed E-state index contributed by atoms with van der Waals surface area (Å²) in [7, 11) is 0. The molecule has 0 radical (unpaired) electrons. The minimum atomic E-state index is 0. The molecular formula is C20H26Cl2Hf. The Kier molecular flexibility index (Phi) is 13.0. The zero-order valence-electron chi connectivity index (χ0n) is 13.8. The molecule has 23 heavy (non-hydrogen) atoms. The second-order valence-corrected chi connectivity index (χ2v) is 6.44. The van der Waals surface area contributed by atoms with E-state index in [2.05, 4.69) is 36.5 Å². The second kappa shape index (κ2) is 12.7. The summed E-state index contributed by atoms with van der Waals surface area (Å²) >= 11 is 0. The van der Waals surface area contributed by atoms with Crippen LogP contribution >= 0.6 is 0 Å². The average molecular weight is 516 g/mol. The summed E-state index contributed by atoms with van der Waals surface area (Å²) in [5, 5.41) is 0. The molecule has 4 aliphatic carbocycles. The third kappa shape index (κ3) is 7.04. The Bertz CT molecular complexity index is 395. The third-order valence-electron chi connectivity index (χ3n) is 5.03. The maximum atomic E-state index is 3.40. The quantitative estimate of drug-likeness (QED) is 0.351. The van der Waals surface area contributed by atoms with Gasteiger partial charge in [0.2, 0.25) is 0 Å². The maximum Gasteiger partial charge on any atom is 4.00 e. The van der Waals surface area contributed by atoms with Crippen LogP contribution in [0.25, 0.3) is 0 Å². The topological polar surface area (TPSA) is 0 Å². The fourth-order valence-corrected chi connectivity index (χ4v) is 3.88. The summed E-state index contributed by atoms with van der Waals surface area (Å²) < 4.78 is 0. The van der Waals surface area contributed by atoms with Crippen LogP contribution in [-0.2, 0) is 25.8 Å². The smallest absolute Gasteiger partial charge is 1.00 e. The van der Waals surface area contributed by atoms with Gasteiger partial charge in [-0.15, -0.1) is 12.8 Å². The molecule has 124 valence electrons. The van der Waals surface area contributed by atoms with Crippen molar-refractivity contribution in [2.24, 2.45) is 11.8 Å². The summed E-state index contributed by atoms with van der Waals surface area (Å²) in [6, 6.07) is 0. The van der Waals surface area contributed by atoms with Crippen LogP contribution < -0.4 is 24.8 Å². The predicted molar refractivity (Wildman–Crippen MR) is 84.9 cm³/mol. The third-order valence-corrected chi connectivity index (χ3v) is 5.03. The van der Waals surface area contributed by atoms with Gasteiger partial charge in [-0.1, -0.05) is 25.7 Å². The number of rotatable bonds is 2. The standard InChI is InChI=1S/2C10H13.2ClH.Hf/c2*1-2-6-9(5-1)10-7-3-4-8-10;;;/h2*1,5,10H,2-4,7-8H2;2*1H;/q2*-1;;;+4/p-2. The van der Waals surface area contributed by atoms with E-state index in [9.17, 15) is 0 Å². The van der Waals surface area contributed by atoms with Crippen LogP contribution in [0.2, 0.25) is 0 Å². The normalized spacial score (nSPS) is 22.4. The molecule has 3 heteroatoms. The van der Waals surface area contributed by atoms with E-state index < -0.39 is 0 Å². The first-order valence-corrected chi connectivity index (χ1v) is 8.48. The first kappa shape index (κ1) is 23.4. The molecule has 4 aliphatic rings. The van der Waals surface area contributed by atoms with E-state index in [0.717, 1.165) is 24.7 Å². The monoisotopic (exact) mass is 516 g/mol. The van der Waals surface area contributed by atoms with Gasteiger partial charge in [-0.3, -0.25) is 12.2 Å². The van der Waals surface area contributed by atoms with Gasteiger partial charge in [0.25, 0.3) is 0 Å². The van der Waals surface area contributed by atoms with Crippen molar-refractivity contribution in [3.63, 3.8) is 0 Å². The molecule has 2 saturated carbocycles. The first-order valence-electron chi connectivity index (χ1n) is 8.48. The molecule has 0 amide bonds. The van der Waals surface area contributed by atoms with Crippen LogP contribution in [0.4, 0.5) is 0 Å². The minimum absolute atomic E-state index is 0. The van der Waals surface area contributed by atoms with Crippen LogP contribution in [0.1, 0.15) is 64.2 Å². The molecule has 2 fully saturated rings. The van der Waals surface area contributed by atoms with Crippen molar-refractivity contribution in [2.75, 3.05) is 0 Å². The fourth-order valence-electron chi connectivity index (χ4n) is 3.88. The summed E-state index contributed by atoms with van der Waals surface area (Å²) in [5.74, 6) is 1.75. The van der Waals surface area contributed by atoms with Crippen LogP contribution in [0, 0.1) is 24.0 Å². The maximum absolute atomic E-state index is 3.40. The van der Waals surface area contributed by atoms with Crippen molar-refractivity contribution in [3.8, 4) is 0 Å². The van der Waals surface area contributed by atoms with E-state index >= 15 is 0 Å². The van der Waals surface area contributed by atoms with Gasteiger partial charge >= 0.3 is 25.8 Å². The first-order chi connectivity index (χ1) is 9.93. The molecule has 0 nitrogen and oxygen atoms in total. The van der Waals surface area contributed by atoms with Crippen molar-refractivity contribution < 1.29 is 50.7 Å². The number of allylic oxidation sites excluding steroid dienone is 8. The van der Waals surface area contributed by atoms with E-state index in [1.54, 1.807) is 0 Å². The van der Waals surface area contributed by atoms with Crippen molar-refractivity contribution in [2.45, 2.75) is 64.2 Å². The van der Waals surface area contributed by atoms with Crippen LogP contribution in [0.5, 0.6) is 0 Å². The van der Waals surface area contributed by atoms with Crippen LogP contribution in [0.15, 0.2) is 35.5 Å². The van der Waals surface area contributed by atoms with Crippen molar-refractivity contribution >= 4 is 0 Å². The van der Waals surface area contributed by atoms with E-state index in [-0.39, 0.29) is 50.7 Å². The van der Waals surface area contributed by atoms with Crippen molar-refractivity contribution in [1.82, 2.24) is 0 Å². The van der Waals surface area contributed by atoms with Crippen LogP contribution in [0.3, 0.4) is 0 Å². The Balaban J connectivity index is 0.000000372. The molecule has 0 unspecified atom stereocenters. The summed E-state index contributed by atoms with van der Waals surface area (Å²) in [4.78, 5) is 0. The summed E-state index contributed by atoms with van der Waals surface area (Å²) in [6.45, 7) is 0. The van der Waals surface area contributed by atoms with Gasteiger partial charge in [-0.2, -0.15) is 12.2 Å². The Hall–Kier alpha value is 0.410. The Morgan fingerprint density at radius 3 is 1.26 bits per heavy atom. The Morgan fingerprint density at radius 2 is 1.00 bits per heavy atom. The number of halogens is 2. The molecular weight excluding hydrogens is 490 g/mol. The molecule has 0 aliphatic heterocycles. The minimum Gasteiger partial charge on any atom is -1.00 e. The zero-order chi connectivity index (χ0) is 13.6.